The van der Waals surface area contributed by atoms with E-state index in [1.54, 1.807) is 0 Å². The molecule has 136 valence electrons. The number of hydrogen-bond donors (Lipinski definition) is 1. The van der Waals surface area contributed by atoms with Crippen molar-refractivity contribution < 1.29 is 4.79 Å². The number of likely N-dealkylation sites (tertiary alicyclic amines) is 1. The minimum atomic E-state index is 0.143. The minimum absolute atomic E-state index is 0.143. The highest BCUT2D eigenvalue weighted by molar-refractivity contribution is 5.93. The Labute approximate surface area is 156 Å². The van der Waals surface area contributed by atoms with Crippen LogP contribution in [0.15, 0.2) is 48.5 Å². The van der Waals surface area contributed by atoms with E-state index >= 15 is 0 Å². The molecule has 3 nitrogen and oxygen atoms in total. The monoisotopic (exact) mass is 348 g/mol. The Hall–Kier alpha value is -2.13. The Morgan fingerprint density at radius 1 is 1.00 bits per heavy atom. The van der Waals surface area contributed by atoms with Crippen LogP contribution in [0.5, 0.6) is 0 Å². The van der Waals surface area contributed by atoms with Crippen LogP contribution < -0.4 is 5.32 Å². The van der Waals surface area contributed by atoms with Crippen LogP contribution in [0.2, 0.25) is 0 Å². The van der Waals surface area contributed by atoms with Crippen LogP contribution in [0.1, 0.15) is 48.3 Å². The second-order valence-corrected chi connectivity index (χ2v) is 7.67. The summed E-state index contributed by atoms with van der Waals surface area (Å²) in [4.78, 5) is 14.1. The molecule has 2 aromatic rings. The van der Waals surface area contributed by atoms with Gasteiger partial charge in [-0.1, -0.05) is 42.5 Å². The predicted molar refractivity (Wildman–Crippen MR) is 107 cm³/mol. The molecule has 0 saturated carbocycles. The molecule has 1 amide bonds. The molecule has 26 heavy (non-hydrogen) atoms. The predicted octanol–water partition coefficient (Wildman–Crippen LogP) is 4.38. The van der Waals surface area contributed by atoms with E-state index in [9.17, 15) is 4.79 Å². The number of amides is 1. The fourth-order valence-corrected chi connectivity index (χ4v) is 4.31. The van der Waals surface area contributed by atoms with Gasteiger partial charge in [0.2, 0.25) is 5.91 Å². The molecule has 2 aliphatic rings. The summed E-state index contributed by atoms with van der Waals surface area (Å²) in [7, 11) is 0. The van der Waals surface area contributed by atoms with Gasteiger partial charge < -0.3 is 10.2 Å². The molecule has 1 N–H and O–H groups in total. The number of carbonyl (C=O) groups excluding carboxylic acids is 1. The number of aryl methyl sites for hydroxylation is 2. The zero-order chi connectivity index (χ0) is 17.8. The van der Waals surface area contributed by atoms with E-state index in [1.165, 1.54) is 55.6 Å². The summed E-state index contributed by atoms with van der Waals surface area (Å²) in [6.45, 7) is 3.63. The first-order valence-corrected chi connectivity index (χ1v) is 9.97. The highest BCUT2D eigenvalue weighted by Gasteiger charge is 2.20. The Morgan fingerprint density at radius 3 is 2.62 bits per heavy atom. The molecular weight excluding hydrogens is 320 g/mol. The van der Waals surface area contributed by atoms with Gasteiger partial charge in [-0.15, -0.1) is 0 Å². The van der Waals surface area contributed by atoms with Crippen LogP contribution in [-0.2, 0) is 17.6 Å². The van der Waals surface area contributed by atoms with Gasteiger partial charge in [-0.05, 0) is 80.4 Å². The molecule has 2 aromatic carbocycles. The van der Waals surface area contributed by atoms with Crippen molar-refractivity contribution in [2.24, 2.45) is 0 Å². The molecule has 0 aromatic heterocycles. The van der Waals surface area contributed by atoms with Gasteiger partial charge in [0.05, 0.1) is 0 Å². The van der Waals surface area contributed by atoms with E-state index in [-0.39, 0.29) is 5.91 Å². The number of nitrogens with one attached hydrogen (secondary N) is 1. The van der Waals surface area contributed by atoms with Gasteiger partial charge in [-0.2, -0.15) is 0 Å². The third-order valence-electron chi connectivity index (χ3n) is 5.86. The molecule has 1 saturated heterocycles. The minimum Gasteiger partial charge on any atom is -0.326 e. The number of carbonyl (C=O) groups is 1. The van der Waals surface area contributed by atoms with E-state index in [4.69, 9.17) is 0 Å². The van der Waals surface area contributed by atoms with Crippen molar-refractivity contribution in [3.63, 3.8) is 0 Å². The third-order valence-corrected chi connectivity index (χ3v) is 5.86. The van der Waals surface area contributed by atoms with Crippen molar-refractivity contribution in [3.8, 4) is 0 Å². The highest BCUT2D eigenvalue weighted by Crippen LogP contribution is 2.28. The fraction of sp³-hybridized carbons (Fsp3) is 0.435. The first-order chi connectivity index (χ1) is 12.8. The topological polar surface area (TPSA) is 32.3 Å². The highest BCUT2D eigenvalue weighted by atomic mass is 16.1. The lowest BCUT2D eigenvalue weighted by atomic mass is 9.89. The molecule has 2 aliphatic heterocycles. The first kappa shape index (κ1) is 17.3. The van der Waals surface area contributed by atoms with Gasteiger partial charge in [-0.3, -0.25) is 4.79 Å². The zero-order valence-electron chi connectivity index (χ0n) is 15.4. The third kappa shape index (κ3) is 4.16. The van der Waals surface area contributed by atoms with E-state index in [0.717, 1.165) is 24.4 Å². The number of fused-ring (bicyclic) bond motifs is 1. The quantitative estimate of drug-likeness (QED) is 0.869. The molecule has 2 heterocycles. The summed E-state index contributed by atoms with van der Waals surface area (Å²) < 4.78 is 0. The van der Waals surface area contributed by atoms with Crippen molar-refractivity contribution in [1.82, 2.24) is 4.90 Å². The standard InChI is InChI=1S/C23H28N2O/c26-23-11-9-21-17-18(8-10-22(21)24-23)5-4-14-25-15-12-20(13-16-25)19-6-2-1-3-7-19/h1-3,6-8,10,17,20H,4-5,9,11-16H2,(H,24,26). The van der Waals surface area contributed by atoms with E-state index in [0.29, 0.717) is 6.42 Å². The van der Waals surface area contributed by atoms with Crippen molar-refractivity contribution in [3.05, 3.63) is 65.2 Å². The Morgan fingerprint density at radius 2 is 1.81 bits per heavy atom. The molecule has 0 radical (unpaired) electrons. The van der Waals surface area contributed by atoms with Gasteiger partial charge in [0.15, 0.2) is 0 Å². The van der Waals surface area contributed by atoms with E-state index in [1.807, 2.05) is 0 Å². The van der Waals surface area contributed by atoms with Crippen LogP contribution >= 0.6 is 0 Å². The molecule has 0 aliphatic carbocycles. The maximum absolute atomic E-state index is 11.5. The number of piperidine rings is 1. The lowest BCUT2D eigenvalue weighted by Gasteiger charge is -2.32. The van der Waals surface area contributed by atoms with Crippen LogP contribution in [0, 0.1) is 0 Å². The summed E-state index contributed by atoms with van der Waals surface area (Å²) in [6, 6.07) is 17.5. The summed E-state index contributed by atoms with van der Waals surface area (Å²) in [6.07, 6.45) is 6.39. The average molecular weight is 348 g/mol. The second-order valence-electron chi connectivity index (χ2n) is 7.67. The molecule has 3 heteroatoms. The normalized spacial score (nSPS) is 18.4. The maximum atomic E-state index is 11.5. The van der Waals surface area contributed by atoms with Crippen molar-refractivity contribution in [2.75, 3.05) is 25.0 Å². The number of nitrogens with zero attached hydrogens (tertiary/aromatic N) is 1. The van der Waals surface area contributed by atoms with Crippen molar-refractivity contribution >= 4 is 11.6 Å². The molecular formula is C23H28N2O. The van der Waals surface area contributed by atoms with Crippen LogP contribution in [0.4, 0.5) is 5.69 Å². The van der Waals surface area contributed by atoms with Gasteiger partial charge in [-0.25, -0.2) is 0 Å². The Bertz CT molecular complexity index is 748. The molecule has 0 bridgehead atoms. The maximum Gasteiger partial charge on any atom is 0.224 e. The van der Waals surface area contributed by atoms with Gasteiger partial charge >= 0.3 is 0 Å². The van der Waals surface area contributed by atoms with Crippen molar-refractivity contribution in [2.45, 2.75) is 44.4 Å². The number of anilines is 1. The molecule has 0 atom stereocenters. The molecule has 1 fully saturated rings. The number of hydrogen-bond acceptors (Lipinski definition) is 2. The Balaban J connectivity index is 1.23. The number of rotatable bonds is 5. The second kappa shape index (κ2) is 8.05. The largest absolute Gasteiger partial charge is 0.326 e. The summed E-state index contributed by atoms with van der Waals surface area (Å²) in [5, 5.41) is 2.97. The van der Waals surface area contributed by atoms with E-state index < -0.39 is 0 Å². The van der Waals surface area contributed by atoms with Crippen LogP contribution in [0.25, 0.3) is 0 Å². The lowest BCUT2D eigenvalue weighted by molar-refractivity contribution is -0.116. The molecule has 4 rings (SSSR count). The smallest absolute Gasteiger partial charge is 0.224 e. The van der Waals surface area contributed by atoms with Gasteiger partial charge in [0, 0.05) is 12.1 Å². The molecule has 0 spiro atoms. The average Bonchev–Trinajstić information content (AvgIpc) is 2.69. The van der Waals surface area contributed by atoms with Crippen LogP contribution in [0.3, 0.4) is 0 Å². The summed E-state index contributed by atoms with van der Waals surface area (Å²) in [5.74, 6) is 0.882. The lowest BCUT2D eigenvalue weighted by Crippen LogP contribution is -2.33. The Kier molecular flexibility index (Phi) is 5.35. The van der Waals surface area contributed by atoms with E-state index in [2.05, 4.69) is 58.7 Å². The van der Waals surface area contributed by atoms with Gasteiger partial charge in [0.1, 0.15) is 0 Å². The first-order valence-electron chi connectivity index (χ1n) is 9.97. The van der Waals surface area contributed by atoms with Crippen molar-refractivity contribution in [1.29, 1.82) is 0 Å². The van der Waals surface area contributed by atoms with Crippen LogP contribution in [-0.4, -0.2) is 30.4 Å². The zero-order valence-corrected chi connectivity index (χ0v) is 15.4. The fourth-order valence-electron chi connectivity index (χ4n) is 4.31. The summed E-state index contributed by atoms with van der Waals surface area (Å²) in [5.41, 5.74) is 5.21. The summed E-state index contributed by atoms with van der Waals surface area (Å²) >= 11 is 0. The molecule has 0 unspecified atom stereocenters. The SMILES string of the molecule is O=C1CCc2cc(CCCN3CCC(c4ccccc4)CC3)ccc2N1. The number of benzene rings is 2. The van der Waals surface area contributed by atoms with Gasteiger partial charge in [0.25, 0.3) is 0 Å².